The van der Waals surface area contributed by atoms with Crippen LogP contribution in [0.25, 0.3) is 20.4 Å². The summed E-state index contributed by atoms with van der Waals surface area (Å²) in [5.74, 6) is 0.363. The molecule has 0 aromatic carbocycles. The van der Waals surface area contributed by atoms with Crippen molar-refractivity contribution in [2.24, 2.45) is 0 Å². The first-order valence-corrected chi connectivity index (χ1v) is 11.0. The van der Waals surface area contributed by atoms with Crippen LogP contribution in [0.1, 0.15) is 37.3 Å². The molecule has 8 nitrogen and oxygen atoms in total. The number of amides is 1. The molecule has 1 atom stereocenters. The highest BCUT2D eigenvalue weighted by Gasteiger charge is 2.31. The molecule has 9 heteroatoms. The zero-order valence-electron chi connectivity index (χ0n) is 17.3. The van der Waals surface area contributed by atoms with Gasteiger partial charge in [0.15, 0.2) is 0 Å². The Morgan fingerprint density at radius 2 is 2.29 bits per heavy atom. The SMILES string of the molecule is CC[C@@]1(C)Cc2nc3sc4c(=O)n(CC(=O)NCc5ccco5)cnc4c3cc2CO1. The summed E-state index contributed by atoms with van der Waals surface area (Å²) in [4.78, 5) is 35.4. The molecule has 31 heavy (non-hydrogen) atoms. The maximum atomic E-state index is 13.0. The van der Waals surface area contributed by atoms with Crippen molar-refractivity contribution < 1.29 is 13.9 Å². The lowest BCUT2D eigenvalue weighted by Crippen LogP contribution is -2.35. The smallest absolute Gasteiger partial charge is 0.271 e. The third-order valence-electron chi connectivity index (χ3n) is 5.83. The van der Waals surface area contributed by atoms with Crippen LogP contribution in [0, 0.1) is 0 Å². The highest BCUT2D eigenvalue weighted by atomic mass is 32.1. The van der Waals surface area contributed by atoms with Crippen molar-refractivity contribution in [3.63, 3.8) is 0 Å². The molecule has 4 aromatic rings. The van der Waals surface area contributed by atoms with E-state index in [-0.39, 0.29) is 30.2 Å². The van der Waals surface area contributed by atoms with E-state index in [0.717, 1.165) is 34.3 Å². The minimum absolute atomic E-state index is 0.108. The van der Waals surface area contributed by atoms with Gasteiger partial charge >= 0.3 is 0 Å². The molecule has 0 saturated carbocycles. The molecule has 0 saturated heterocycles. The van der Waals surface area contributed by atoms with Gasteiger partial charge in [-0.1, -0.05) is 6.92 Å². The Bertz CT molecular complexity index is 1340. The van der Waals surface area contributed by atoms with E-state index < -0.39 is 0 Å². The van der Waals surface area contributed by atoms with Crippen LogP contribution in [0.4, 0.5) is 0 Å². The predicted molar refractivity (Wildman–Crippen MR) is 117 cm³/mol. The summed E-state index contributed by atoms with van der Waals surface area (Å²) in [5.41, 5.74) is 2.23. The van der Waals surface area contributed by atoms with Crippen LogP contribution in [-0.2, 0) is 35.6 Å². The second-order valence-electron chi connectivity index (χ2n) is 8.03. The molecule has 4 aromatic heterocycles. The highest BCUT2D eigenvalue weighted by Crippen LogP contribution is 2.35. The summed E-state index contributed by atoms with van der Waals surface area (Å²) in [6, 6.07) is 5.57. The van der Waals surface area contributed by atoms with Gasteiger partial charge in [0, 0.05) is 17.4 Å². The molecule has 5 heterocycles. The van der Waals surface area contributed by atoms with Gasteiger partial charge in [-0.2, -0.15) is 0 Å². The maximum Gasteiger partial charge on any atom is 0.271 e. The summed E-state index contributed by atoms with van der Waals surface area (Å²) in [5, 5.41) is 3.60. The Morgan fingerprint density at radius 1 is 1.42 bits per heavy atom. The average Bonchev–Trinajstić information content (AvgIpc) is 3.41. The lowest BCUT2D eigenvalue weighted by molar-refractivity contribution is -0.122. The zero-order valence-corrected chi connectivity index (χ0v) is 18.1. The lowest BCUT2D eigenvalue weighted by Gasteiger charge is -2.33. The monoisotopic (exact) mass is 438 g/mol. The number of ether oxygens (including phenoxy) is 1. The Hall–Kier alpha value is -3.04. The van der Waals surface area contributed by atoms with Gasteiger partial charge in [-0.05, 0) is 31.5 Å². The number of nitrogens with zero attached hydrogens (tertiary/aromatic N) is 3. The third kappa shape index (κ3) is 3.64. The van der Waals surface area contributed by atoms with Crippen LogP contribution < -0.4 is 10.9 Å². The van der Waals surface area contributed by atoms with Gasteiger partial charge < -0.3 is 14.5 Å². The van der Waals surface area contributed by atoms with Crippen LogP contribution in [-0.4, -0.2) is 26.0 Å². The van der Waals surface area contributed by atoms with Crippen molar-refractivity contribution >= 4 is 37.7 Å². The predicted octanol–water partition coefficient (Wildman–Crippen LogP) is 3.16. The number of fused-ring (bicyclic) bond motifs is 4. The average molecular weight is 439 g/mol. The van der Waals surface area contributed by atoms with Crippen molar-refractivity contribution in [2.45, 2.75) is 52.0 Å². The molecule has 0 aliphatic carbocycles. The third-order valence-corrected chi connectivity index (χ3v) is 6.90. The summed E-state index contributed by atoms with van der Waals surface area (Å²) in [6.45, 7) is 4.88. The van der Waals surface area contributed by atoms with Crippen molar-refractivity contribution in [3.8, 4) is 0 Å². The van der Waals surface area contributed by atoms with E-state index in [9.17, 15) is 9.59 Å². The van der Waals surface area contributed by atoms with Crippen LogP contribution >= 0.6 is 11.3 Å². The van der Waals surface area contributed by atoms with E-state index in [2.05, 4.69) is 24.1 Å². The Balaban J connectivity index is 1.45. The van der Waals surface area contributed by atoms with Crippen molar-refractivity contribution in [3.05, 3.63) is 58.2 Å². The number of carbonyl (C=O) groups is 1. The zero-order chi connectivity index (χ0) is 21.6. The van der Waals surface area contributed by atoms with Gasteiger partial charge in [0.25, 0.3) is 5.56 Å². The van der Waals surface area contributed by atoms with Gasteiger partial charge in [-0.15, -0.1) is 11.3 Å². The molecular weight excluding hydrogens is 416 g/mol. The summed E-state index contributed by atoms with van der Waals surface area (Å²) in [7, 11) is 0. The number of hydrogen-bond donors (Lipinski definition) is 1. The molecule has 0 radical (unpaired) electrons. The van der Waals surface area contributed by atoms with E-state index in [1.54, 1.807) is 18.4 Å². The van der Waals surface area contributed by atoms with E-state index in [1.165, 1.54) is 22.2 Å². The first-order chi connectivity index (χ1) is 15.0. The van der Waals surface area contributed by atoms with Gasteiger partial charge in [-0.3, -0.25) is 14.2 Å². The fourth-order valence-electron chi connectivity index (χ4n) is 3.76. The minimum atomic E-state index is -0.287. The van der Waals surface area contributed by atoms with Crippen LogP contribution in [0.3, 0.4) is 0 Å². The molecular formula is C22H22N4O4S. The number of aromatic nitrogens is 3. The standard InChI is InChI=1S/C22H22N4O4S/c1-3-22(2)8-16-13(11-30-22)7-15-18-19(31-20(15)25-16)21(28)26(12-24-18)10-17(27)23-9-14-5-4-6-29-14/h4-7,12H,3,8-11H2,1-2H3,(H,23,27)/t22-/m0/s1. The second-order valence-corrected chi connectivity index (χ2v) is 9.03. The first kappa shape index (κ1) is 19.9. The molecule has 1 aliphatic rings. The van der Waals surface area contributed by atoms with Crippen LogP contribution in [0.5, 0.6) is 0 Å². The van der Waals surface area contributed by atoms with E-state index in [0.29, 0.717) is 22.6 Å². The quantitative estimate of drug-likeness (QED) is 0.514. The molecule has 0 fully saturated rings. The normalized spacial score (nSPS) is 18.4. The van der Waals surface area contributed by atoms with Crippen LogP contribution in [0.2, 0.25) is 0 Å². The van der Waals surface area contributed by atoms with E-state index in [1.807, 2.05) is 6.07 Å². The fourth-order valence-corrected chi connectivity index (χ4v) is 4.84. The maximum absolute atomic E-state index is 13.0. The minimum Gasteiger partial charge on any atom is -0.467 e. The summed E-state index contributed by atoms with van der Waals surface area (Å²) < 4.78 is 13.1. The first-order valence-electron chi connectivity index (χ1n) is 10.2. The molecule has 1 N–H and O–H groups in total. The van der Waals surface area contributed by atoms with Crippen molar-refractivity contribution in [1.82, 2.24) is 19.9 Å². The molecule has 1 amide bonds. The topological polar surface area (TPSA) is 99.2 Å². The molecule has 1 aliphatic heterocycles. The number of carbonyl (C=O) groups excluding carboxylic acids is 1. The number of thiophene rings is 1. The van der Waals surface area contributed by atoms with E-state index in [4.69, 9.17) is 14.1 Å². The molecule has 0 bridgehead atoms. The Kier molecular flexibility index (Phi) is 4.86. The molecule has 5 rings (SSSR count). The number of rotatable bonds is 5. The second kappa shape index (κ2) is 7.58. The lowest BCUT2D eigenvalue weighted by atomic mass is 9.91. The molecule has 0 unspecified atom stereocenters. The Labute approximate surface area is 181 Å². The van der Waals surface area contributed by atoms with Crippen molar-refractivity contribution in [2.75, 3.05) is 0 Å². The van der Waals surface area contributed by atoms with Gasteiger partial charge in [0.05, 0.1) is 42.6 Å². The van der Waals surface area contributed by atoms with Gasteiger partial charge in [0.1, 0.15) is 21.8 Å². The van der Waals surface area contributed by atoms with E-state index >= 15 is 0 Å². The van der Waals surface area contributed by atoms with Gasteiger partial charge in [-0.25, -0.2) is 9.97 Å². The number of furan rings is 1. The fraction of sp³-hybridized carbons (Fsp3) is 0.364. The summed E-state index contributed by atoms with van der Waals surface area (Å²) >= 11 is 1.33. The van der Waals surface area contributed by atoms with Gasteiger partial charge in [0.2, 0.25) is 5.91 Å². The largest absolute Gasteiger partial charge is 0.467 e. The number of hydrogen-bond acceptors (Lipinski definition) is 7. The van der Waals surface area contributed by atoms with Crippen LogP contribution in [0.15, 0.2) is 40.0 Å². The summed E-state index contributed by atoms with van der Waals surface area (Å²) in [6.07, 6.45) is 4.63. The van der Waals surface area contributed by atoms with Crippen molar-refractivity contribution in [1.29, 1.82) is 0 Å². The highest BCUT2D eigenvalue weighted by molar-refractivity contribution is 7.25. The molecule has 160 valence electrons. The Morgan fingerprint density at radius 3 is 3.06 bits per heavy atom. The molecule has 0 spiro atoms. The number of pyridine rings is 1. The number of nitrogens with one attached hydrogen (secondary N) is 1.